The first-order valence-corrected chi connectivity index (χ1v) is 15.5. The van der Waals surface area contributed by atoms with Crippen LogP contribution in [0.3, 0.4) is 0 Å². The van der Waals surface area contributed by atoms with Gasteiger partial charge in [0, 0.05) is 32.7 Å². The molecule has 0 spiro atoms. The number of rotatable bonds is 9. The lowest BCUT2D eigenvalue weighted by atomic mass is 10.1. The smallest absolute Gasteiger partial charge is 0.264 e. The van der Waals surface area contributed by atoms with Crippen LogP contribution in [0.15, 0.2) is 65.6 Å². The van der Waals surface area contributed by atoms with E-state index >= 15 is 0 Å². The molecule has 1 atom stereocenters. The Kier molecular flexibility index (Phi) is 10.4. The zero-order valence-corrected chi connectivity index (χ0v) is 26.9. The van der Waals surface area contributed by atoms with Crippen molar-refractivity contribution >= 4 is 62.3 Å². The van der Waals surface area contributed by atoms with Gasteiger partial charge in [0.25, 0.3) is 10.0 Å². The van der Waals surface area contributed by atoms with Gasteiger partial charge in [-0.3, -0.25) is 13.9 Å². The fourth-order valence-corrected chi connectivity index (χ4v) is 6.27. The summed E-state index contributed by atoms with van der Waals surface area (Å²) < 4.78 is 29.1. The number of nitrogens with one attached hydrogen (secondary N) is 1. The highest BCUT2D eigenvalue weighted by Crippen LogP contribution is 2.31. The Morgan fingerprint density at radius 1 is 0.927 bits per heavy atom. The van der Waals surface area contributed by atoms with Gasteiger partial charge in [0.1, 0.15) is 12.6 Å². The molecule has 0 aliphatic carbocycles. The van der Waals surface area contributed by atoms with Gasteiger partial charge in [0.2, 0.25) is 11.8 Å². The van der Waals surface area contributed by atoms with Gasteiger partial charge in [0.15, 0.2) is 0 Å². The van der Waals surface area contributed by atoms with E-state index in [0.717, 1.165) is 9.87 Å². The second-order valence-electron chi connectivity index (χ2n) is 10.9. The van der Waals surface area contributed by atoms with E-state index in [0.29, 0.717) is 26.2 Å². The molecule has 0 aliphatic heterocycles. The monoisotopic (exact) mass is 637 g/mol. The van der Waals surface area contributed by atoms with Crippen molar-refractivity contribution < 1.29 is 18.0 Å². The van der Waals surface area contributed by atoms with Gasteiger partial charge in [-0.25, -0.2) is 8.42 Å². The van der Waals surface area contributed by atoms with Gasteiger partial charge in [-0.2, -0.15) is 0 Å². The average Bonchev–Trinajstić information content (AvgIpc) is 2.87. The zero-order chi connectivity index (χ0) is 30.7. The molecule has 0 radical (unpaired) electrons. The van der Waals surface area contributed by atoms with Crippen LogP contribution in [0.5, 0.6) is 0 Å². The number of sulfonamides is 1. The van der Waals surface area contributed by atoms with Crippen LogP contribution < -0.4 is 9.62 Å². The van der Waals surface area contributed by atoms with Crippen LogP contribution in [0.25, 0.3) is 0 Å². The van der Waals surface area contributed by atoms with Crippen molar-refractivity contribution in [2.24, 2.45) is 0 Å². The molecule has 0 aliphatic rings. The minimum absolute atomic E-state index is 0.00879. The molecule has 0 saturated carbocycles. The predicted octanol–water partition coefficient (Wildman–Crippen LogP) is 6.79. The first-order valence-electron chi connectivity index (χ1n) is 12.9. The van der Waals surface area contributed by atoms with Crippen molar-refractivity contribution in [2.45, 2.75) is 64.6 Å². The molecule has 7 nitrogen and oxygen atoms in total. The van der Waals surface area contributed by atoms with E-state index in [-0.39, 0.29) is 17.1 Å². The maximum atomic E-state index is 14.1. The molecule has 2 amide bonds. The summed E-state index contributed by atoms with van der Waals surface area (Å²) in [7, 11) is -4.23. The van der Waals surface area contributed by atoms with Gasteiger partial charge in [-0.05, 0) is 83.5 Å². The molecule has 3 aromatic rings. The van der Waals surface area contributed by atoms with Crippen LogP contribution in [0.1, 0.15) is 44.4 Å². The largest absolute Gasteiger partial charge is 0.350 e. The van der Waals surface area contributed by atoms with Crippen LogP contribution in [0.2, 0.25) is 15.1 Å². The standard InChI is InChI=1S/C30H34Cl3N3O4S/c1-19-10-14-23(15-11-19)41(39,40)36(27-16-22(31)13-12-20(27)2)18-28(37)35(21(3)29(38)34-30(4,5)6)17-24-25(32)8-7-9-26(24)33/h7-16,21H,17-18H2,1-6H3,(H,34,38)/t21-/m0/s1. The van der Waals surface area contributed by atoms with Crippen molar-refractivity contribution in [2.75, 3.05) is 10.8 Å². The summed E-state index contributed by atoms with van der Waals surface area (Å²) in [6.45, 7) is 9.91. The molecular weight excluding hydrogens is 605 g/mol. The van der Waals surface area contributed by atoms with Crippen LogP contribution in [-0.4, -0.2) is 43.3 Å². The number of anilines is 1. The van der Waals surface area contributed by atoms with E-state index in [1.54, 1.807) is 56.3 Å². The molecule has 11 heteroatoms. The lowest BCUT2D eigenvalue weighted by molar-refractivity contribution is -0.140. The van der Waals surface area contributed by atoms with Crippen molar-refractivity contribution in [3.8, 4) is 0 Å². The normalized spacial score (nSPS) is 12.5. The lowest BCUT2D eigenvalue weighted by Crippen LogP contribution is -2.54. The molecule has 0 aromatic heterocycles. The second-order valence-corrected chi connectivity index (χ2v) is 14.0. The molecule has 0 unspecified atom stereocenters. The zero-order valence-electron chi connectivity index (χ0n) is 23.8. The topological polar surface area (TPSA) is 86.8 Å². The van der Waals surface area contributed by atoms with Gasteiger partial charge in [0.05, 0.1) is 10.6 Å². The fourth-order valence-electron chi connectivity index (χ4n) is 4.11. The molecule has 0 heterocycles. The number of benzene rings is 3. The minimum atomic E-state index is -4.23. The molecule has 3 aromatic carbocycles. The number of amides is 2. The van der Waals surface area contributed by atoms with E-state index in [2.05, 4.69) is 5.32 Å². The van der Waals surface area contributed by atoms with E-state index in [1.165, 1.54) is 23.1 Å². The number of carbonyl (C=O) groups excluding carboxylic acids is 2. The van der Waals surface area contributed by atoms with Crippen molar-refractivity contribution in [3.05, 3.63) is 92.4 Å². The van der Waals surface area contributed by atoms with Crippen molar-refractivity contribution in [1.29, 1.82) is 0 Å². The Labute approximate surface area is 257 Å². The molecule has 0 fully saturated rings. The summed E-state index contributed by atoms with van der Waals surface area (Å²) in [6.07, 6.45) is 0. The Balaban J connectivity index is 2.12. The van der Waals surface area contributed by atoms with Crippen molar-refractivity contribution in [1.82, 2.24) is 10.2 Å². The van der Waals surface area contributed by atoms with Crippen LogP contribution in [-0.2, 0) is 26.2 Å². The summed E-state index contributed by atoms with van der Waals surface area (Å²) >= 11 is 19.1. The average molecular weight is 639 g/mol. The summed E-state index contributed by atoms with van der Waals surface area (Å²) in [5.74, 6) is -1.05. The van der Waals surface area contributed by atoms with Crippen LogP contribution in [0.4, 0.5) is 5.69 Å². The van der Waals surface area contributed by atoms with Gasteiger partial charge in [-0.1, -0.05) is 64.6 Å². The fraction of sp³-hybridized carbons (Fsp3) is 0.333. The number of hydrogen-bond donors (Lipinski definition) is 1. The Morgan fingerprint density at radius 2 is 1.51 bits per heavy atom. The highest BCUT2D eigenvalue weighted by Gasteiger charge is 2.34. The van der Waals surface area contributed by atoms with E-state index in [9.17, 15) is 18.0 Å². The molecular formula is C30H34Cl3N3O4S. The van der Waals surface area contributed by atoms with Gasteiger partial charge < -0.3 is 10.2 Å². The first kappa shape index (κ1) is 32.7. The third kappa shape index (κ3) is 8.16. The van der Waals surface area contributed by atoms with E-state index in [4.69, 9.17) is 34.8 Å². The predicted molar refractivity (Wildman–Crippen MR) is 166 cm³/mol. The van der Waals surface area contributed by atoms with Crippen LogP contribution in [0, 0.1) is 13.8 Å². The Hall–Kier alpha value is -2.78. The summed E-state index contributed by atoms with van der Waals surface area (Å²) in [6, 6.07) is 15.1. The second kappa shape index (κ2) is 13.0. The van der Waals surface area contributed by atoms with Gasteiger partial charge in [-0.15, -0.1) is 0 Å². The molecule has 220 valence electrons. The maximum absolute atomic E-state index is 14.1. The Morgan fingerprint density at radius 3 is 2.07 bits per heavy atom. The van der Waals surface area contributed by atoms with Crippen molar-refractivity contribution in [3.63, 3.8) is 0 Å². The van der Waals surface area contributed by atoms with E-state index in [1.807, 2.05) is 27.7 Å². The third-order valence-electron chi connectivity index (χ3n) is 6.38. The number of aryl methyl sites for hydroxylation is 2. The first-order chi connectivity index (χ1) is 19.0. The molecule has 0 bridgehead atoms. The summed E-state index contributed by atoms with van der Waals surface area (Å²) in [4.78, 5) is 28.7. The summed E-state index contributed by atoms with van der Waals surface area (Å²) in [5.41, 5.74) is 1.59. The molecule has 3 rings (SSSR count). The lowest BCUT2D eigenvalue weighted by Gasteiger charge is -2.34. The Bertz CT molecular complexity index is 1520. The summed E-state index contributed by atoms with van der Waals surface area (Å²) in [5, 5.41) is 3.82. The number of carbonyl (C=O) groups is 2. The maximum Gasteiger partial charge on any atom is 0.264 e. The van der Waals surface area contributed by atoms with Crippen LogP contribution >= 0.6 is 34.8 Å². The SMILES string of the molecule is Cc1ccc(S(=O)(=O)N(CC(=O)N(Cc2c(Cl)cccc2Cl)[C@@H](C)C(=O)NC(C)(C)C)c2cc(Cl)ccc2C)cc1. The van der Waals surface area contributed by atoms with E-state index < -0.39 is 40.0 Å². The molecule has 41 heavy (non-hydrogen) atoms. The number of nitrogens with zero attached hydrogens (tertiary/aromatic N) is 2. The highest BCUT2D eigenvalue weighted by atomic mass is 35.5. The molecule has 0 saturated heterocycles. The third-order valence-corrected chi connectivity index (χ3v) is 9.10. The number of halogens is 3. The van der Waals surface area contributed by atoms with Gasteiger partial charge >= 0.3 is 0 Å². The molecule has 1 N–H and O–H groups in total. The minimum Gasteiger partial charge on any atom is -0.350 e. The number of hydrogen-bond acceptors (Lipinski definition) is 4. The quantitative estimate of drug-likeness (QED) is 0.280. The highest BCUT2D eigenvalue weighted by molar-refractivity contribution is 7.92.